The molecule has 36 heavy (non-hydrogen) atoms. The number of nitrogens with one attached hydrogen (secondary N) is 3. The molecule has 5 aliphatic rings. The van der Waals surface area contributed by atoms with Crippen molar-refractivity contribution in [2.24, 2.45) is 5.92 Å². The Balaban J connectivity index is 0.000000172. The topological polar surface area (TPSA) is 106 Å². The van der Waals surface area contributed by atoms with Crippen LogP contribution in [0.2, 0.25) is 0 Å². The van der Waals surface area contributed by atoms with Gasteiger partial charge in [-0.3, -0.25) is 9.89 Å². The summed E-state index contributed by atoms with van der Waals surface area (Å²) in [4.78, 5) is 19.6. The van der Waals surface area contributed by atoms with Crippen molar-refractivity contribution in [3.8, 4) is 12.8 Å². The van der Waals surface area contributed by atoms with Crippen molar-refractivity contribution in [2.45, 2.75) is 50.5 Å². The largest absolute Gasteiger partial charge is 0.354 e. The van der Waals surface area contributed by atoms with Crippen molar-refractivity contribution in [3.05, 3.63) is 30.1 Å². The van der Waals surface area contributed by atoms with Gasteiger partial charge in [0.1, 0.15) is 5.52 Å². The van der Waals surface area contributed by atoms with E-state index in [-0.39, 0.29) is 0 Å². The first kappa shape index (κ1) is 24.1. The van der Waals surface area contributed by atoms with E-state index in [1.165, 1.54) is 57.3 Å². The van der Waals surface area contributed by atoms with Crippen LogP contribution in [-0.2, 0) is 4.79 Å². The number of H-pyrrole nitrogens is 1. The first-order valence-corrected chi connectivity index (χ1v) is 12.9. The predicted octanol–water partition coefficient (Wildman–Crippen LogP) is 2.75. The first-order valence-electron chi connectivity index (χ1n) is 12.9. The summed E-state index contributed by atoms with van der Waals surface area (Å²) in [6.07, 6.45) is 18.3. The molecule has 3 aromatic rings. The molecule has 0 aromatic carbocycles. The van der Waals surface area contributed by atoms with E-state index in [1.54, 1.807) is 0 Å². The Kier molecular flexibility index (Phi) is 7.37. The number of carbonyl (C=O) groups excluding carboxylic acids is 1. The zero-order chi connectivity index (χ0) is 24.9. The van der Waals surface area contributed by atoms with E-state index < -0.39 is 0 Å². The molecular formula is C26H35N9O. The van der Waals surface area contributed by atoms with Gasteiger partial charge in [0.25, 0.3) is 0 Å². The summed E-state index contributed by atoms with van der Waals surface area (Å²) < 4.78 is 1.89. The number of fused-ring (bicyclic) bond motifs is 4. The van der Waals surface area contributed by atoms with E-state index in [1.807, 2.05) is 22.8 Å². The molecule has 7 heterocycles. The van der Waals surface area contributed by atoms with E-state index in [2.05, 4.69) is 54.6 Å². The SMILES string of the molecule is C#C.O=CN[C@H]1CN2CCC1CC2.c1cc2c(Nc3cc(C4CC4)[nH]n3)nc(N3CCCC3)nn2c1. The highest BCUT2D eigenvalue weighted by atomic mass is 16.1. The van der Waals surface area contributed by atoms with Crippen molar-refractivity contribution in [2.75, 3.05) is 42.9 Å². The van der Waals surface area contributed by atoms with Crippen LogP contribution in [-0.4, -0.2) is 74.9 Å². The van der Waals surface area contributed by atoms with Gasteiger partial charge in [-0.2, -0.15) is 10.1 Å². The van der Waals surface area contributed by atoms with Gasteiger partial charge in [-0.05, 0) is 69.7 Å². The summed E-state index contributed by atoms with van der Waals surface area (Å²) in [7, 11) is 0. The number of aromatic amines is 1. The molecule has 10 nitrogen and oxygen atoms in total. The van der Waals surface area contributed by atoms with E-state index in [9.17, 15) is 4.79 Å². The van der Waals surface area contributed by atoms with Crippen molar-refractivity contribution < 1.29 is 4.79 Å². The molecule has 8 rings (SSSR count). The highest BCUT2D eigenvalue weighted by Gasteiger charge is 2.33. The number of amides is 1. The molecule has 5 fully saturated rings. The minimum absolute atomic E-state index is 0.440. The lowest BCUT2D eigenvalue weighted by Crippen LogP contribution is -2.55. The summed E-state index contributed by atoms with van der Waals surface area (Å²) in [5.41, 5.74) is 2.18. The van der Waals surface area contributed by atoms with Crippen LogP contribution in [0.25, 0.3) is 5.52 Å². The minimum atomic E-state index is 0.440. The van der Waals surface area contributed by atoms with Crippen LogP contribution in [0.1, 0.15) is 50.1 Å². The quantitative estimate of drug-likeness (QED) is 0.361. The second-order valence-electron chi connectivity index (χ2n) is 9.93. The predicted molar refractivity (Wildman–Crippen MR) is 140 cm³/mol. The third kappa shape index (κ3) is 5.31. The Hall–Kier alpha value is -3.58. The number of aromatic nitrogens is 5. The third-order valence-corrected chi connectivity index (χ3v) is 7.57. The molecule has 4 saturated heterocycles. The number of hydrogen-bond acceptors (Lipinski definition) is 7. The number of nitrogens with zero attached hydrogens (tertiary/aromatic N) is 6. The van der Waals surface area contributed by atoms with Gasteiger partial charge in [0.05, 0.1) is 0 Å². The maximum absolute atomic E-state index is 10.2. The number of piperidine rings is 3. The van der Waals surface area contributed by atoms with Gasteiger partial charge in [0.15, 0.2) is 11.6 Å². The molecule has 3 N–H and O–H groups in total. The Morgan fingerprint density at radius 2 is 1.86 bits per heavy atom. The van der Waals surface area contributed by atoms with Gasteiger partial charge < -0.3 is 20.4 Å². The van der Waals surface area contributed by atoms with E-state index >= 15 is 0 Å². The van der Waals surface area contributed by atoms with Gasteiger partial charge >= 0.3 is 0 Å². The van der Waals surface area contributed by atoms with Gasteiger partial charge in [-0.15, -0.1) is 17.9 Å². The van der Waals surface area contributed by atoms with Crippen LogP contribution in [0, 0.1) is 18.8 Å². The van der Waals surface area contributed by atoms with Gasteiger partial charge in [0, 0.05) is 49.6 Å². The fraction of sp³-hybridized carbons (Fsp3) is 0.538. The van der Waals surface area contributed by atoms with Crippen LogP contribution in [0.4, 0.5) is 17.6 Å². The van der Waals surface area contributed by atoms with Crippen molar-refractivity contribution in [1.29, 1.82) is 0 Å². The summed E-state index contributed by atoms with van der Waals surface area (Å²) in [6, 6.07) is 6.54. The van der Waals surface area contributed by atoms with Crippen molar-refractivity contribution in [1.82, 2.24) is 35.0 Å². The Bertz CT molecular complexity index is 1170. The number of terminal acetylenes is 1. The molecule has 0 radical (unpaired) electrons. The van der Waals surface area contributed by atoms with E-state index in [4.69, 9.17) is 4.98 Å². The lowest BCUT2D eigenvalue weighted by Gasteiger charge is -2.44. The lowest BCUT2D eigenvalue weighted by molar-refractivity contribution is -0.111. The lowest BCUT2D eigenvalue weighted by atomic mass is 9.84. The smallest absolute Gasteiger partial charge is 0.245 e. The Morgan fingerprint density at radius 1 is 1.08 bits per heavy atom. The molecule has 0 spiro atoms. The highest BCUT2D eigenvalue weighted by Crippen LogP contribution is 2.39. The first-order chi connectivity index (χ1) is 17.8. The molecule has 1 atom stereocenters. The maximum Gasteiger partial charge on any atom is 0.245 e. The average molecular weight is 490 g/mol. The maximum atomic E-state index is 10.2. The van der Waals surface area contributed by atoms with Gasteiger partial charge in [-0.25, -0.2) is 4.52 Å². The molecule has 2 bridgehead atoms. The van der Waals surface area contributed by atoms with Crippen molar-refractivity contribution >= 4 is 29.5 Å². The number of hydrogen-bond donors (Lipinski definition) is 3. The zero-order valence-electron chi connectivity index (χ0n) is 20.6. The summed E-state index contributed by atoms with van der Waals surface area (Å²) in [5, 5.41) is 18.4. The Labute approximate surface area is 211 Å². The molecule has 3 aromatic heterocycles. The second-order valence-corrected chi connectivity index (χ2v) is 9.93. The summed E-state index contributed by atoms with van der Waals surface area (Å²) in [5.74, 6) is 3.83. The standard InChI is InChI=1S/C16H19N7.C8H14N2O.C2H2/c1-2-8-22(7-1)16-18-15(13-4-3-9-23(13)21-16)17-14-10-12(19-20-14)11-5-6-11;11-6-9-8-5-10-3-1-7(8)2-4-10;1-2/h3-4,9-11H,1-2,5-8H2,(H2,17,18,19,20,21);6-8H,1-5H2,(H,9,11);1-2H/t;8-;/m.0./s1. The molecule has 1 saturated carbocycles. The highest BCUT2D eigenvalue weighted by molar-refractivity contribution is 5.73. The molecule has 4 aliphatic heterocycles. The number of anilines is 3. The van der Waals surface area contributed by atoms with Crippen LogP contribution in [0.3, 0.4) is 0 Å². The van der Waals surface area contributed by atoms with E-state index in [0.29, 0.717) is 12.0 Å². The fourth-order valence-corrected chi connectivity index (χ4v) is 5.43. The molecule has 1 amide bonds. The minimum Gasteiger partial charge on any atom is -0.354 e. The van der Waals surface area contributed by atoms with Gasteiger partial charge in [0.2, 0.25) is 12.4 Å². The third-order valence-electron chi connectivity index (χ3n) is 7.57. The zero-order valence-corrected chi connectivity index (χ0v) is 20.6. The molecule has 0 unspecified atom stereocenters. The van der Waals surface area contributed by atoms with Gasteiger partial charge in [-0.1, -0.05) is 0 Å². The normalized spacial score (nSPS) is 24.4. The fourth-order valence-electron chi connectivity index (χ4n) is 5.43. The summed E-state index contributed by atoms with van der Waals surface area (Å²) >= 11 is 0. The van der Waals surface area contributed by atoms with Crippen LogP contribution < -0.4 is 15.5 Å². The average Bonchev–Trinajstić information content (AvgIpc) is 3.31. The Morgan fingerprint density at radius 3 is 2.53 bits per heavy atom. The second kappa shape index (κ2) is 11.0. The van der Waals surface area contributed by atoms with E-state index in [0.717, 1.165) is 55.1 Å². The molecular weight excluding hydrogens is 454 g/mol. The van der Waals surface area contributed by atoms with Crippen LogP contribution in [0.5, 0.6) is 0 Å². The molecule has 1 aliphatic carbocycles. The van der Waals surface area contributed by atoms with Crippen molar-refractivity contribution in [3.63, 3.8) is 0 Å². The molecule has 190 valence electrons. The van der Waals surface area contributed by atoms with Crippen LogP contribution in [0.15, 0.2) is 24.4 Å². The van der Waals surface area contributed by atoms with Crippen LogP contribution >= 0.6 is 0 Å². The monoisotopic (exact) mass is 489 g/mol. The number of rotatable bonds is 6. The molecule has 10 heteroatoms. The number of carbonyl (C=O) groups is 1. The summed E-state index contributed by atoms with van der Waals surface area (Å²) in [6.45, 7) is 5.60.